The number of rotatable bonds is 10. The topological polar surface area (TPSA) is 137 Å². The zero-order valence-electron chi connectivity index (χ0n) is 24.4. The lowest BCUT2D eigenvalue weighted by Crippen LogP contribution is -2.59. The summed E-state index contributed by atoms with van der Waals surface area (Å²) in [6.07, 6.45) is -2.00. The van der Waals surface area contributed by atoms with Crippen LogP contribution in [0.15, 0.2) is 18.2 Å². The molecule has 2 atom stereocenters. The highest BCUT2D eigenvalue weighted by atomic mass is 16.7. The van der Waals surface area contributed by atoms with Gasteiger partial charge in [-0.15, -0.1) is 0 Å². The largest absolute Gasteiger partial charge is 0.510 e. The fraction of sp³-hybridized carbons (Fsp3) is 0.643. The summed E-state index contributed by atoms with van der Waals surface area (Å²) in [5.41, 5.74) is -3.56. The van der Waals surface area contributed by atoms with E-state index in [1.165, 1.54) is 18.2 Å². The molecule has 0 saturated carbocycles. The lowest BCUT2D eigenvalue weighted by atomic mass is 9.97. The molecule has 38 heavy (non-hydrogen) atoms. The summed E-state index contributed by atoms with van der Waals surface area (Å²) in [5.74, 6) is -2.67. The van der Waals surface area contributed by atoms with Crippen LogP contribution in [0.2, 0.25) is 0 Å². The Morgan fingerprint density at radius 3 is 1.76 bits per heavy atom. The third-order valence-corrected chi connectivity index (χ3v) is 5.44. The van der Waals surface area contributed by atoms with E-state index in [-0.39, 0.29) is 23.8 Å². The van der Waals surface area contributed by atoms with Crippen molar-refractivity contribution in [2.24, 2.45) is 16.7 Å². The molecule has 1 aromatic rings. The summed E-state index contributed by atoms with van der Waals surface area (Å²) in [7, 11) is 0. The first-order chi connectivity index (χ1) is 17.2. The highest BCUT2D eigenvalue weighted by Gasteiger charge is 2.45. The van der Waals surface area contributed by atoms with Crippen molar-refractivity contribution < 1.29 is 43.2 Å². The van der Waals surface area contributed by atoms with E-state index in [0.717, 1.165) is 0 Å². The minimum atomic E-state index is -2.20. The smallest absolute Gasteiger partial charge is 0.477 e. The van der Waals surface area contributed by atoms with Gasteiger partial charge in [-0.1, -0.05) is 19.9 Å². The molecule has 0 aliphatic carbocycles. The second-order valence-corrected chi connectivity index (χ2v) is 12.1. The average molecular weight is 538 g/mol. The molecule has 0 amide bonds. The van der Waals surface area contributed by atoms with Gasteiger partial charge in [0, 0.05) is 12.5 Å². The molecule has 0 radical (unpaired) electrons. The van der Waals surface area contributed by atoms with Gasteiger partial charge in [0.05, 0.1) is 10.8 Å². The molecule has 1 aromatic carbocycles. The van der Waals surface area contributed by atoms with E-state index in [1.54, 1.807) is 62.3 Å². The van der Waals surface area contributed by atoms with Gasteiger partial charge in [0.1, 0.15) is 6.10 Å². The predicted molar refractivity (Wildman–Crippen MR) is 141 cm³/mol. The van der Waals surface area contributed by atoms with Crippen LogP contribution in [0.25, 0.3) is 0 Å². The van der Waals surface area contributed by atoms with Crippen LogP contribution in [-0.2, 0) is 30.3 Å². The molecule has 0 aromatic heterocycles. The second kappa shape index (κ2) is 12.6. The Hall–Kier alpha value is -3.14. The molecule has 0 bridgehead atoms. The van der Waals surface area contributed by atoms with Gasteiger partial charge in [0.15, 0.2) is 11.5 Å². The first kappa shape index (κ1) is 32.9. The Labute approximate surface area is 225 Å². The van der Waals surface area contributed by atoms with Crippen molar-refractivity contribution in [1.82, 2.24) is 5.32 Å². The summed E-state index contributed by atoms with van der Waals surface area (Å²) < 4.78 is 21.7. The van der Waals surface area contributed by atoms with Crippen LogP contribution in [-0.4, -0.2) is 47.0 Å². The van der Waals surface area contributed by atoms with E-state index in [0.29, 0.717) is 5.56 Å². The van der Waals surface area contributed by atoms with Crippen LogP contribution in [0.5, 0.6) is 11.5 Å². The van der Waals surface area contributed by atoms with Crippen molar-refractivity contribution in [1.29, 1.82) is 0 Å². The molecule has 1 rings (SSSR count). The van der Waals surface area contributed by atoms with Crippen LogP contribution in [0, 0.1) is 16.7 Å². The van der Waals surface area contributed by atoms with Gasteiger partial charge < -0.3 is 24.1 Å². The molecule has 10 heteroatoms. The molecule has 0 saturated heterocycles. The van der Waals surface area contributed by atoms with Crippen LogP contribution in [0.4, 0.5) is 4.79 Å². The fourth-order valence-corrected chi connectivity index (χ4v) is 2.84. The first-order valence-corrected chi connectivity index (χ1v) is 12.7. The van der Waals surface area contributed by atoms with E-state index in [1.807, 2.05) is 13.8 Å². The maximum atomic E-state index is 12.7. The SMILES string of the molecule is CC(C)N[C@@](Cc1ccc(OC(=O)C(C)(C)C)c(OC(=O)C(C)(C)C)c1)(OC(=O)OC(C)C(C)C)C(=O)O. The van der Waals surface area contributed by atoms with Gasteiger partial charge in [-0.2, -0.15) is 0 Å². The molecule has 0 fully saturated rings. The van der Waals surface area contributed by atoms with Gasteiger partial charge in [0.2, 0.25) is 0 Å². The van der Waals surface area contributed by atoms with E-state index >= 15 is 0 Å². The molecular weight excluding hydrogens is 494 g/mol. The highest BCUT2D eigenvalue weighted by molar-refractivity contribution is 5.82. The standard InChI is InChI=1S/C28H43NO9/c1-16(2)18(5)35-25(34)38-28(22(30)31,29-17(3)4)15-19-12-13-20(36-23(32)26(6,7)8)21(14-19)37-24(33)27(9,10)11/h12-14,16-18,29H,15H2,1-11H3,(H,30,31)/t18?,28-/m0/s1. The van der Waals surface area contributed by atoms with Crippen molar-refractivity contribution in [2.45, 2.75) is 100 Å². The van der Waals surface area contributed by atoms with Crippen molar-refractivity contribution in [2.75, 3.05) is 0 Å². The number of hydrogen-bond acceptors (Lipinski definition) is 9. The van der Waals surface area contributed by atoms with Crippen LogP contribution in [0.3, 0.4) is 0 Å². The molecule has 0 aliphatic rings. The third kappa shape index (κ3) is 9.63. The molecule has 214 valence electrons. The first-order valence-electron chi connectivity index (χ1n) is 12.7. The molecule has 0 spiro atoms. The number of nitrogens with one attached hydrogen (secondary N) is 1. The van der Waals surface area contributed by atoms with Crippen molar-refractivity contribution in [3.05, 3.63) is 23.8 Å². The lowest BCUT2D eigenvalue weighted by Gasteiger charge is -2.32. The number of aliphatic carboxylic acids is 1. The van der Waals surface area contributed by atoms with E-state index in [2.05, 4.69) is 5.32 Å². The quantitative estimate of drug-likeness (QED) is 0.235. The number of hydrogen-bond donors (Lipinski definition) is 2. The normalized spacial score (nSPS) is 14.4. The molecule has 0 aliphatic heterocycles. The predicted octanol–water partition coefficient (Wildman–Crippen LogP) is 5.11. The third-order valence-electron chi connectivity index (χ3n) is 5.44. The Balaban J connectivity index is 3.52. The Morgan fingerprint density at radius 1 is 0.842 bits per heavy atom. The lowest BCUT2D eigenvalue weighted by molar-refractivity contribution is -0.168. The monoisotopic (exact) mass is 537 g/mol. The number of ether oxygens (including phenoxy) is 4. The minimum absolute atomic E-state index is 0.00453. The number of benzene rings is 1. The zero-order chi connectivity index (χ0) is 29.6. The maximum absolute atomic E-state index is 12.7. The van der Waals surface area contributed by atoms with Gasteiger partial charge in [-0.25, -0.2) is 9.59 Å². The molecule has 10 nitrogen and oxygen atoms in total. The summed E-state index contributed by atoms with van der Waals surface area (Å²) >= 11 is 0. The molecule has 1 unspecified atom stereocenters. The zero-order valence-corrected chi connectivity index (χ0v) is 24.4. The van der Waals surface area contributed by atoms with Gasteiger partial charge in [0.25, 0.3) is 5.72 Å². The van der Waals surface area contributed by atoms with E-state index in [4.69, 9.17) is 18.9 Å². The summed E-state index contributed by atoms with van der Waals surface area (Å²) in [5, 5.41) is 13.0. The summed E-state index contributed by atoms with van der Waals surface area (Å²) in [4.78, 5) is 50.2. The Bertz CT molecular complexity index is 1020. The Morgan fingerprint density at radius 2 is 1.34 bits per heavy atom. The molecular formula is C28H43NO9. The average Bonchev–Trinajstić information content (AvgIpc) is 2.73. The molecule has 0 heterocycles. The Kier molecular flexibility index (Phi) is 10.9. The van der Waals surface area contributed by atoms with E-state index < -0.39 is 52.8 Å². The summed E-state index contributed by atoms with van der Waals surface area (Å²) in [6.45, 7) is 18.8. The van der Waals surface area contributed by atoms with Crippen LogP contribution >= 0.6 is 0 Å². The van der Waals surface area contributed by atoms with Crippen molar-refractivity contribution in [3.8, 4) is 11.5 Å². The molecule has 2 N–H and O–H groups in total. The number of esters is 2. The number of carboxylic acid groups (broad SMARTS) is 1. The van der Waals surface area contributed by atoms with Gasteiger partial charge in [-0.3, -0.25) is 14.9 Å². The highest BCUT2D eigenvalue weighted by Crippen LogP contribution is 2.34. The number of carbonyl (C=O) groups excluding carboxylic acids is 3. The second-order valence-electron chi connectivity index (χ2n) is 12.1. The van der Waals surface area contributed by atoms with Crippen LogP contribution in [0.1, 0.15) is 81.7 Å². The van der Waals surface area contributed by atoms with Crippen LogP contribution < -0.4 is 14.8 Å². The maximum Gasteiger partial charge on any atom is 0.510 e. The number of carbonyl (C=O) groups is 4. The van der Waals surface area contributed by atoms with E-state index in [9.17, 15) is 24.3 Å². The van der Waals surface area contributed by atoms with Gasteiger partial charge in [-0.05, 0) is 85.9 Å². The fourth-order valence-electron chi connectivity index (χ4n) is 2.84. The van der Waals surface area contributed by atoms with Crippen molar-refractivity contribution >= 4 is 24.1 Å². The number of carboxylic acids is 1. The summed E-state index contributed by atoms with van der Waals surface area (Å²) in [6, 6.07) is 3.91. The van der Waals surface area contributed by atoms with Gasteiger partial charge >= 0.3 is 24.1 Å². The van der Waals surface area contributed by atoms with Crippen molar-refractivity contribution in [3.63, 3.8) is 0 Å². The minimum Gasteiger partial charge on any atom is -0.477 e.